The van der Waals surface area contributed by atoms with Gasteiger partial charge in [-0.05, 0) is 29.1 Å². The van der Waals surface area contributed by atoms with Crippen LogP contribution in [0, 0.1) is 0 Å². The summed E-state index contributed by atoms with van der Waals surface area (Å²) in [5, 5.41) is 9.63. The van der Waals surface area contributed by atoms with E-state index in [9.17, 15) is 4.79 Å². The van der Waals surface area contributed by atoms with Gasteiger partial charge in [-0.2, -0.15) is 11.3 Å². The van der Waals surface area contributed by atoms with Gasteiger partial charge in [-0.1, -0.05) is 6.07 Å². The molecule has 2 amide bonds. The SMILES string of the molecule is COc1ccc(CNC(=O)NCc2nccnc2-c2ccsc2)cc1OC. The van der Waals surface area contributed by atoms with E-state index in [-0.39, 0.29) is 12.6 Å². The van der Waals surface area contributed by atoms with Crippen LogP contribution in [0.2, 0.25) is 0 Å². The predicted octanol–water partition coefficient (Wildman–Crippen LogP) is 3.22. The molecule has 27 heavy (non-hydrogen) atoms. The van der Waals surface area contributed by atoms with Crippen molar-refractivity contribution in [2.24, 2.45) is 0 Å². The fourth-order valence-electron chi connectivity index (χ4n) is 2.54. The van der Waals surface area contributed by atoms with Gasteiger partial charge in [0.15, 0.2) is 11.5 Å². The molecular formula is C19H20N4O3S. The Hall–Kier alpha value is -3.13. The highest BCUT2D eigenvalue weighted by Gasteiger charge is 2.10. The van der Waals surface area contributed by atoms with Gasteiger partial charge < -0.3 is 20.1 Å². The van der Waals surface area contributed by atoms with Crippen molar-refractivity contribution in [1.82, 2.24) is 20.6 Å². The van der Waals surface area contributed by atoms with E-state index in [1.54, 1.807) is 44.0 Å². The first-order valence-corrected chi connectivity index (χ1v) is 9.20. The summed E-state index contributed by atoms with van der Waals surface area (Å²) >= 11 is 1.59. The van der Waals surface area contributed by atoms with Gasteiger partial charge in [0, 0.05) is 29.9 Å². The van der Waals surface area contributed by atoms with Crippen LogP contribution in [-0.2, 0) is 13.1 Å². The van der Waals surface area contributed by atoms with Crippen LogP contribution in [0.3, 0.4) is 0 Å². The number of methoxy groups -OCH3 is 2. The lowest BCUT2D eigenvalue weighted by Gasteiger charge is -2.11. The van der Waals surface area contributed by atoms with Gasteiger partial charge >= 0.3 is 6.03 Å². The summed E-state index contributed by atoms with van der Waals surface area (Å²) in [7, 11) is 3.16. The van der Waals surface area contributed by atoms with Crippen LogP contribution >= 0.6 is 11.3 Å². The number of hydrogen-bond donors (Lipinski definition) is 2. The summed E-state index contributed by atoms with van der Waals surface area (Å²) in [6, 6.07) is 7.21. The predicted molar refractivity (Wildman–Crippen MR) is 104 cm³/mol. The molecule has 0 saturated heterocycles. The van der Waals surface area contributed by atoms with Crippen molar-refractivity contribution in [3.8, 4) is 22.8 Å². The van der Waals surface area contributed by atoms with Gasteiger partial charge in [0.05, 0.1) is 32.2 Å². The van der Waals surface area contributed by atoms with Crippen molar-refractivity contribution in [3.63, 3.8) is 0 Å². The number of urea groups is 1. The average Bonchev–Trinajstić information content (AvgIpc) is 3.25. The van der Waals surface area contributed by atoms with Gasteiger partial charge in [0.2, 0.25) is 0 Å². The van der Waals surface area contributed by atoms with Crippen molar-refractivity contribution in [1.29, 1.82) is 0 Å². The standard InChI is InChI=1S/C19H20N4O3S/c1-25-16-4-3-13(9-17(16)26-2)10-22-19(24)23-11-15-18(21-7-6-20-15)14-5-8-27-12-14/h3-9,12H,10-11H2,1-2H3,(H2,22,23,24). The zero-order valence-electron chi connectivity index (χ0n) is 15.1. The number of nitrogens with zero attached hydrogens (tertiary/aromatic N) is 2. The maximum absolute atomic E-state index is 12.1. The summed E-state index contributed by atoms with van der Waals surface area (Å²) in [5.74, 6) is 1.27. The summed E-state index contributed by atoms with van der Waals surface area (Å²) in [5.41, 5.74) is 3.40. The van der Waals surface area contributed by atoms with Crippen LogP contribution in [-0.4, -0.2) is 30.2 Å². The van der Waals surface area contributed by atoms with E-state index >= 15 is 0 Å². The largest absolute Gasteiger partial charge is 0.493 e. The van der Waals surface area contributed by atoms with Crippen LogP contribution in [0.15, 0.2) is 47.4 Å². The maximum Gasteiger partial charge on any atom is 0.315 e. The Morgan fingerprint density at radius 2 is 1.81 bits per heavy atom. The Bertz CT molecular complexity index is 900. The van der Waals surface area contributed by atoms with Crippen LogP contribution in [0.5, 0.6) is 11.5 Å². The molecule has 0 aliphatic rings. The van der Waals surface area contributed by atoms with Crippen molar-refractivity contribution in [2.75, 3.05) is 14.2 Å². The lowest BCUT2D eigenvalue weighted by Crippen LogP contribution is -2.34. The topological polar surface area (TPSA) is 85.4 Å². The first kappa shape index (κ1) is 18.7. The highest BCUT2D eigenvalue weighted by atomic mass is 32.1. The second-order valence-corrected chi connectivity index (χ2v) is 6.37. The number of carbonyl (C=O) groups excluding carboxylic acids is 1. The molecule has 0 unspecified atom stereocenters. The molecule has 0 fully saturated rings. The number of aromatic nitrogens is 2. The monoisotopic (exact) mass is 384 g/mol. The van der Waals surface area contributed by atoms with Crippen molar-refractivity contribution in [2.45, 2.75) is 13.1 Å². The lowest BCUT2D eigenvalue weighted by atomic mass is 10.2. The highest BCUT2D eigenvalue weighted by molar-refractivity contribution is 7.08. The zero-order valence-corrected chi connectivity index (χ0v) is 15.9. The molecule has 0 radical (unpaired) electrons. The number of ether oxygens (including phenoxy) is 2. The Morgan fingerprint density at radius 1 is 1.04 bits per heavy atom. The maximum atomic E-state index is 12.1. The molecule has 140 valence electrons. The molecule has 1 aromatic carbocycles. The van der Waals surface area contributed by atoms with Gasteiger partial charge in [-0.15, -0.1) is 0 Å². The second kappa shape index (κ2) is 9.00. The molecular weight excluding hydrogens is 364 g/mol. The number of carbonyl (C=O) groups is 1. The normalized spacial score (nSPS) is 10.3. The average molecular weight is 384 g/mol. The molecule has 3 rings (SSSR count). The number of rotatable bonds is 7. The van der Waals surface area contributed by atoms with Crippen LogP contribution < -0.4 is 20.1 Å². The Labute approximate surface area is 161 Å². The third kappa shape index (κ3) is 4.73. The quantitative estimate of drug-likeness (QED) is 0.653. The lowest BCUT2D eigenvalue weighted by molar-refractivity contribution is 0.240. The zero-order chi connectivity index (χ0) is 19.1. The minimum atomic E-state index is -0.285. The molecule has 0 bridgehead atoms. The molecule has 3 aromatic rings. The van der Waals surface area contributed by atoms with E-state index in [1.807, 2.05) is 29.0 Å². The number of benzene rings is 1. The van der Waals surface area contributed by atoms with Gasteiger partial charge in [0.1, 0.15) is 0 Å². The van der Waals surface area contributed by atoms with Crippen molar-refractivity contribution >= 4 is 17.4 Å². The first-order valence-electron chi connectivity index (χ1n) is 8.26. The van der Waals surface area contributed by atoms with E-state index in [4.69, 9.17) is 9.47 Å². The van der Waals surface area contributed by atoms with E-state index < -0.39 is 0 Å². The minimum Gasteiger partial charge on any atom is -0.493 e. The molecule has 0 spiro atoms. The minimum absolute atomic E-state index is 0.285. The molecule has 0 saturated carbocycles. The number of hydrogen-bond acceptors (Lipinski definition) is 6. The molecule has 0 atom stereocenters. The molecule has 8 heteroatoms. The number of nitrogens with one attached hydrogen (secondary N) is 2. The highest BCUT2D eigenvalue weighted by Crippen LogP contribution is 2.27. The molecule has 0 aliphatic carbocycles. The fraction of sp³-hybridized carbons (Fsp3) is 0.211. The van der Waals surface area contributed by atoms with Crippen molar-refractivity contribution < 1.29 is 14.3 Å². The molecule has 2 heterocycles. The van der Waals surface area contributed by atoms with Crippen LogP contribution in [0.4, 0.5) is 4.79 Å². The Kier molecular flexibility index (Phi) is 6.22. The Balaban J connectivity index is 1.57. The molecule has 2 N–H and O–H groups in total. The molecule has 7 nitrogen and oxygen atoms in total. The third-order valence-corrected chi connectivity index (χ3v) is 4.57. The van der Waals surface area contributed by atoms with E-state index in [0.29, 0.717) is 18.0 Å². The molecule has 0 aliphatic heterocycles. The second-order valence-electron chi connectivity index (χ2n) is 5.59. The number of thiophene rings is 1. The van der Waals surface area contributed by atoms with E-state index in [2.05, 4.69) is 20.6 Å². The summed E-state index contributed by atoms with van der Waals surface area (Å²) in [6.07, 6.45) is 3.27. The van der Waals surface area contributed by atoms with Gasteiger partial charge in [0.25, 0.3) is 0 Å². The van der Waals surface area contributed by atoms with E-state index in [1.165, 1.54) is 0 Å². The summed E-state index contributed by atoms with van der Waals surface area (Å²) < 4.78 is 10.5. The first-order chi connectivity index (χ1) is 13.2. The van der Waals surface area contributed by atoms with E-state index in [0.717, 1.165) is 22.5 Å². The molecule has 2 aromatic heterocycles. The Morgan fingerprint density at radius 3 is 2.56 bits per heavy atom. The van der Waals surface area contributed by atoms with Gasteiger partial charge in [-0.25, -0.2) is 4.79 Å². The fourth-order valence-corrected chi connectivity index (χ4v) is 3.18. The number of amides is 2. The summed E-state index contributed by atoms with van der Waals surface area (Å²) in [4.78, 5) is 20.9. The van der Waals surface area contributed by atoms with Crippen LogP contribution in [0.25, 0.3) is 11.3 Å². The van der Waals surface area contributed by atoms with Crippen molar-refractivity contribution in [3.05, 3.63) is 58.7 Å². The smallest absolute Gasteiger partial charge is 0.315 e. The summed E-state index contributed by atoms with van der Waals surface area (Å²) in [6.45, 7) is 0.654. The van der Waals surface area contributed by atoms with Gasteiger partial charge in [-0.3, -0.25) is 9.97 Å². The van der Waals surface area contributed by atoms with Crippen LogP contribution in [0.1, 0.15) is 11.3 Å². The third-order valence-electron chi connectivity index (χ3n) is 3.89.